The summed E-state index contributed by atoms with van der Waals surface area (Å²) >= 11 is 11.4. The average Bonchev–Trinajstić information content (AvgIpc) is 2.25. The number of carbonyl (C=O) groups excluding carboxylic acids is 1. The lowest BCUT2D eigenvalue weighted by atomic mass is 10.1. The van der Waals surface area contributed by atoms with Crippen molar-refractivity contribution in [3.8, 4) is 0 Å². The van der Waals surface area contributed by atoms with E-state index in [0.29, 0.717) is 0 Å². The van der Waals surface area contributed by atoms with E-state index in [-0.39, 0.29) is 14.9 Å². The number of carbonyl (C=O) groups is 1. The molecule has 0 atom stereocenters. The summed E-state index contributed by atoms with van der Waals surface area (Å²) in [4.78, 5) is 11.2. The van der Waals surface area contributed by atoms with Gasteiger partial charge < -0.3 is 0 Å². The molecule has 1 amide bonds. The SMILES string of the molecule is CC(C)(NS(=O)(=O)c1cc(Cl)cc(Cl)c1)C(=O)NO. The third-order valence-electron chi connectivity index (χ3n) is 2.21. The van der Waals surface area contributed by atoms with Gasteiger partial charge in [0.15, 0.2) is 0 Å². The van der Waals surface area contributed by atoms with Gasteiger partial charge in [-0.05, 0) is 32.0 Å². The fourth-order valence-corrected chi connectivity index (χ4v) is 3.37. The number of hydrogen-bond acceptors (Lipinski definition) is 4. The van der Waals surface area contributed by atoms with Gasteiger partial charge >= 0.3 is 0 Å². The molecule has 0 spiro atoms. The first-order valence-corrected chi connectivity index (χ1v) is 7.27. The summed E-state index contributed by atoms with van der Waals surface area (Å²) in [5.41, 5.74) is -0.155. The molecule has 0 saturated heterocycles. The Morgan fingerprint density at radius 1 is 1.21 bits per heavy atom. The van der Waals surface area contributed by atoms with E-state index in [2.05, 4.69) is 4.72 Å². The largest absolute Gasteiger partial charge is 0.289 e. The van der Waals surface area contributed by atoms with Crippen molar-refractivity contribution in [1.29, 1.82) is 0 Å². The first-order chi connectivity index (χ1) is 8.58. The lowest BCUT2D eigenvalue weighted by Crippen LogP contribution is -2.53. The first kappa shape index (κ1) is 16.2. The molecular weight excluding hydrogens is 315 g/mol. The number of nitrogens with one attached hydrogen (secondary N) is 2. The minimum atomic E-state index is -4.01. The Labute approximate surface area is 120 Å². The zero-order chi connectivity index (χ0) is 14.8. The third kappa shape index (κ3) is 4.05. The van der Waals surface area contributed by atoms with Crippen LogP contribution >= 0.6 is 23.2 Å². The number of sulfonamides is 1. The Morgan fingerprint density at radius 3 is 2.11 bits per heavy atom. The number of amides is 1. The van der Waals surface area contributed by atoms with Gasteiger partial charge in [0.25, 0.3) is 5.91 Å². The van der Waals surface area contributed by atoms with E-state index >= 15 is 0 Å². The molecule has 0 saturated carbocycles. The van der Waals surface area contributed by atoms with E-state index in [1.54, 1.807) is 0 Å². The van der Waals surface area contributed by atoms with Gasteiger partial charge in [-0.1, -0.05) is 23.2 Å². The van der Waals surface area contributed by atoms with Crippen LogP contribution in [-0.2, 0) is 14.8 Å². The van der Waals surface area contributed by atoms with E-state index in [1.165, 1.54) is 37.5 Å². The summed E-state index contributed by atoms with van der Waals surface area (Å²) in [6.45, 7) is 2.59. The van der Waals surface area contributed by atoms with Crippen LogP contribution in [0.15, 0.2) is 23.1 Å². The summed E-state index contributed by atoms with van der Waals surface area (Å²) < 4.78 is 26.3. The molecule has 0 aliphatic rings. The monoisotopic (exact) mass is 326 g/mol. The van der Waals surface area contributed by atoms with E-state index in [4.69, 9.17) is 28.4 Å². The molecule has 9 heteroatoms. The van der Waals surface area contributed by atoms with Crippen LogP contribution in [0.1, 0.15) is 13.8 Å². The van der Waals surface area contributed by atoms with E-state index in [1.807, 2.05) is 0 Å². The first-order valence-electron chi connectivity index (χ1n) is 5.03. The summed E-state index contributed by atoms with van der Waals surface area (Å²) in [5, 5.41) is 8.85. The predicted octanol–water partition coefficient (Wildman–Crippen LogP) is 1.56. The third-order valence-corrected chi connectivity index (χ3v) is 4.28. The lowest BCUT2D eigenvalue weighted by molar-refractivity contribution is -0.134. The second-order valence-corrected chi connectivity index (χ2v) is 6.83. The van der Waals surface area contributed by atoms with Gasteiger partial charge in [-0.2, -0.15) is 4.72 Å². The van der Waals surface area contributed by atoms with Crippen molar-refractivity contribution < 1.29 is 18.4 Å². The van der Waals surface area contributed by atoms with Crippen LogP contribution in [-0.4, -0.2) is 25.1 Å². The number of hydroxylamine groups is 1. The number of halogens is 2. The standard InChI is InChI=1S/C10H12Cl2N2O4S/c1-10(2,9(15)13-16)14-19(17,18)8-4-6(11)3-7(12)5-8/h3-5,14,16H,1-2H3,(H,13,15). The molecule has 106 valence electrons. The molecule has 0 fully saturated rings. The number of rotatable bonds is 4. The predicted molar refractivity (Wildman–Crippen MR) is 70.8 cm³/mol. The summed E-state index contributed by atoms with van der Waals surface area (Å²) in [6, 6.07) is 3.78. The second-order valence-electron chi connectivity index (χ2n) is 4.28. The quantitative estimate of drug-likeness (QED) is 0.578. The molecule has 19 heavy (non-hydrogen) atoms. The Bertz CT molecular complexity index is 581. The Kier molecular flexibility index (Phi) is 4.81. The van der Waals surface area contributed by atoms with Crippen molar-refractivity contribution in [3.05, 3.63) is 28.2 Å². The van der Waals surface area contributed by atoms with E-state index < -0.39 is 21.5 Å². The van der Waals surface area contributed by atoms with Crippen LogP contribution in [0.3, 0.4) is 0 Å². The maximum Gasteiger partial charge on any atom is 0.264 e. The fourth-order valence-electron chi connectivity index (χ4n) is 1.26. The van der Waals surface area contributed by atoms with Crippen molar-refractivity contribution in [2.24, 2.45) is 0 Å². The number of benzene rings is 1. The van der Waals surface area contributed by atoms with E-state index in [0.717, 1.165) is 0 Å². The van der Waals surface area contributed by atoms with Gasteiger partial charge in [-0.25, -0.2) is 13.9 Å². The summed E-state index contributed by atoms with van der Waals surface area (Å²) in [5.74, 6) is -0.899. The van der Waals surface area contributed by atoms with Gasteiger partial charge in [0, 0.05) is 10.0 Å². The van der Waals surface area contributed by atoms with Crippen molar-refractivity contribution in [2.45, 2.75) is 24.3 Å². The van der Waals surface area contributed by atoms with Gasteiger partial charge in [0.2, 0.25) is 10.0 Å². The topological polar surface area (TPSA) is 95.5 Å². The van der Waals surface area contributed by atoms with Gasteiger partial charge in [-0.3, -0.25) is 10.0 Å². The maximum absolute atomic E-state index is 12.1. The lowest BCUT2D eigenvalue weighted by Gasteiger charge is -2.23. The molecule has 0 radical (unpaired) electrons. The van der Waals surface area contributed by atoms with Crippen molar-refractivity contribution in [1.82, 2.24) is 10.2 Å². The van der Waals surface area contributed by atoms with Gasteiger partial charge in [0.1, 0.15) is 5.54 Å². The molecule has 0 heterocycles. The zero-order valence-electron chi connectivity index (χ0n) is 10.1. The molecule has 0 aromatic heterocycles. The molecule has 3 N–H and O–H groups in total. The normalized spacial score (nSPS) is 12.3. The van der Waals surface area contributed by atoms with Crippen LogP contribution < -0.4 is 10.2 Å². The highest BCUT2D eigenvalue weighted by Gasteiger charge is 2.33. The molecule has 0 aliphatic carbocycles. The molecule has 1 rings (SSSR count). The van der Waals surface area contributed by atoms with Crippen molar-refractivity contribution in [3.63, 3.8) is 0 Å². The molecular formula is C10H12Cl2N2O4S. The van der Waals surface area contributed by atoms with E-state index in [9.17, 15) is 13.2 Å². The molecule has 0 unspecified atom stereocenters. The maximum atomic E-state index is 12.1. The van der Waals surface area contributed by atoms with Crippen LogP contribution in [0, 0.1) is 0 Å². The minimum absolute atomic E-state index is 0.150. The van der Waals surface area contributed by atoms with Crippen LogP contribution in [0.5, 0.6) is 0 Å². The van der Waals surface area contributed by atoms with Gasteiger partial charge in [0.05, 0.1) is 4.90 Å². The van der Waals surface area contributed by atoms with Crippen molar-refractivity contribution >= 4 is 39.1 Å². The highest BCUT2D eigenvalue weighted by Crippen LogP contribution is 2.23. The van der Waals surface area contributed by atoms with Crippen LogP contribution in [0.4, 0.5) is 0 Å². The zero-order valence-corrected chi connectivity index (χ0v) is 12.4. The molecule has 1 aromatic rings. The molecule has 1 aromatic carbocycles. The Hall–Kier alpha value is -0.860. The van der Waals surface area contributed by atoms with Gasteiger partial charge in [-0.15, -0.1) is 0 Å². The summed E-state index contributed by atoms with van der Waals surface area (Å²) in [6.07, 6.45) is 0. The highest BCUT2D eigenvalue weighted by molar-refractivity contribution is 7.89. The minimum Gasteiger partial charge on any atom is -0.289 e. The molecule has 0 bridgehead atoms. The summed E-state index contributed by atoms with van der Waals surface area (Å²) in [7, 11) is -4.01. The highest BCUT2D eigenvalue weighted by atomic mass is 35.5. The smallest absolute Gasteiger partial charge is 0.264 e. The average molecular weight is 327 g/mol. The van der Waals surface area contributed by atoms with Crippen molar-refractivity contribution in [2.75, 3.05) is 0 Å². The van der Waals surface area contributed by atoms with Crippen LogP contribution in [0.25, 0.3) is 0 Å². The van der Waals surface area contributed by atoms with Crippen LogP contribution in [0.2, 0.25) is 10.0 Å². The Morgan fingerprint density at radius 2 is 1.68 bits per heavy atom. The molecule has 6 nitrogen and oxygen atoms in total. The number of hydrogen-bond donors (Lipinski definition) is 3. The second kappa shape index (κ2) is 5.64. The fraction of sp³-hybridized carbons (Fsp3) is 0.300. The molecule has 0 aliphatic heterocycles. The Balaban J connectivity index is 3.15.